The average Bonchev–Trinajstić information content (AvgIpc) is 3.11. The van der Waals surface area contributed by atoms with Gasteiger partial charge in [0.05, 0.1) is 5.92 Å². The van der Waals surface area contributed by atoms with Gasteiger partial charge in [0.1, 0.15) is 0 Å². The summed E-state index contributed by atoms with van der Waals surface area (Å²) in [5.74, 6) is -0.706. The van der Waals surface area contributed by atoms with Crippen LogP contribution in [0.4, 0.5) is 11.4 Å². The first-order chi connectivity index (χ1) is 14.7. The van der Waals surface area contributed by atoms with E-state index in [0.29, 0.717) is 29.8 Å². The molecular formula is C23H31N3O5. The number of amides is 3. The fourth-order valence-electron chi connectivity index (χ4n) is 4.50. The molecule has 0 aromatic heterocycles. The molecule has 1 saturated heterocycles. The van der Waals surface area contributed by atoms with Gasteiger partial charge >= 0.3 is 5.97 Å². The van der Waals surface area contributed by atoms with Crippen LogP contribution < -0.4 is 10.6 Å². The quantitative estimate of drug-likeness (QED) is 0.677. The molecule has 8 heteroatoms. The Morgan fingerprint density at radius 1 is 1.06 bits per heavy atom. The largest absolute Gasteiger partial charge is 0.455 e. The first kappa shape index (κ1) is 22.8. The smallest absolute Gasteiger partial charge is 0.311 e. The van der Waals surface area contributed by atoms with Crippen LogP contribution in [0.15, 0.2) is 24.3 Å². The van der Waals surface area contributed by atoms with E-state index < -0.39 is 24.4 Å². The number of hydrogen-bond acceptors (Lipinski definition) is 5. The topological polar surface area (TPSA) is 105 Å². The molecule has 1 aromatic rings. The van der Waals surface area contributed by atoms with Crippen LogP contribution in [0.2, 0.25) is 0 Å². The van der Waals surface area contributed by atoms with Crippen molar-refractivity contribution in [1.29, 1.82) is 0 Å². The van der Waals surface area contributed by atoms with Crippen LogP contribution in [0, 0.1) is 17.8 Å². The van der Waals surface area contributed by atoms with Crippen molar-refractivity contribution in [2.45, 2.75) is 52.5 Å². The highest BCUT2D eigenvalue weighted by Gasteiger charge is 2.42. The Bertz CT molecular complexity index is 838. The summed E-state index contributed by atoms with van der Waals surface area (Å²) in [5.41, 5.74) is 1.15. The maximum absolute atomic E-state index is 12.5. The van der Waals surface area contributed by atoms with Gasteiger partial charge in [-0.2, -0.15) is 0 Å². The van der Waals surface area contributed by atoms with Gasteiger partial charge in [-0.25, -0.2) is 0 Å². The number of benzene rings is 1. The molecule has 4 atom stereocenters. The molecule has 0 spiro atoms. The number of esters is 1. The fourth-order valence-corrected chi connectivity index (χ4v) is 4.50. The summed E-state index contributed by atoms with van der Waals surface area (Å²) in [6.07, 6.45) is 3.39. The number of carbonyl (C=O) groups excluding carboxylic acids is 4. The molecule has 2 aliphatic rings. The van der Waals surface area contributed by atoms with Crippen molar-refractivity contribution in [2.75, 3.05) is 23.8 Å². The molecular weight excluding hydrogens is 398 g/mol. The van der Waals surface area contributed by atoms with Crippen molar-refractivity contribution >= 4 is 35.1 Å². The zero-order valence-corrected chi connectivity index (χ0v) is 18.3. The van der Waals surface area contributed by atoms with E-state index in [2.05, 4.69) is 24.5 Å². The third kappa shape index (κ3) is 5.83. The minimum absolute atomic E-state index is 0.00314. The minimum Gasteiger partial charge on any atom is -0.455 e. The molecule has 2 N–H and O–H groups in total. The minimum atomic E-state index is -0.526. The average molecular weight is 430 g/mol. The maximum Gasteiger partial charge on any atom is 0.311 e. The Kier molecular flexibility index (Phi) is 7.30. The lowest BCUT2D eigenvalue weighted by Gasteiger charge is -2.39. The van der Waals surface area contributed by atoms with Crippen LogP contribution in [0.3, 0.4) is 0 Å². The predicted octanol–water partition coefficient (Wildman–Crippen LogP) is 2.80. The van der Waals surface area contributed by atoms with Gasteiger partial charge in [0.25, 0.3) is 5.91 Å². The van der Waals surface area contributed by atoms with Crippen molar-refractivity contribution in [3.63, 3.8) is 0 Å². The lowest BCUT2D eigenvalue weighted by molar-refractivity contribution is -0.151. The molecule has 2 fully saturated rings. The lowest BCUT2D eigenvalue weighted by atomic mass is 9.77. The number of carbonyl (C=O) groups is 4. The third-order valence-electron chi connectivity index (χ3n) is 6.39. The van der Waals surface area contributed by atoms with Crippen LogP contribution in [-0.2, 0) is 23.9 Å². The van der Waals surface area contributed by atoms with E-state index in [4.69, 9.17) is 4.74 Å². The van der Waals surface area contributed by atoms with Gasteiger partial charge in [0.15, 0.2) is 6.61 Å². The van der Waals surface area contributed by atoms with Gasteiger partial charge in [0.2, 0.25) is 11.8 Å². The Labute approximate surface area is 182 Å². The number of rotatable bonds is 6. The molecule has 1 aliphatic heterocycles. The standard InChI is InChI=1S/C23H31N3O5/c1-14-5-4-6-20(15(14)2)26-12-17(11-22(26)29)23(30)31-13-21(28)25-19-9-7-18(8-10-19)24-16(3)27/h7-10,14-15,17,20H,4-6,11-13H2,1-3H3,(H,24,27)(H,25,28)/t14-,15+,17+,20+/m0/s1. The van der Waals surface area contributed by atoms with E-state index >= 15 is 0 Å². The molecule has 3 rings (SSSR count). The summed E-state index contributed by atoms with van der Waals surface area (Å²) in [4.78, 5) is 50.0. The molecule has 0 radical (unpaired) electrons. The molecule has 1 aromatic carbocycles. The van der Waals surface area contributed by atoms with Crippen LogP contribution in [0.25, 0.3) is 0 Å². The van der Waals surface area contributed by atoms with E-state index in [1.165, 1.54) is 13.3 Å². The summed E-state index contributed by atoms with van der Waals surface area (Å²) in [5, 5.41) is 5.28. The van der Waals surface area contributed by atoms with Crippen LogP contribution in [0.1, 0.15) is 46.5 Å². The molecule has 3 amide bonds. The zero-order valence-electron chi connectivity index (χ0n) is 18.3. The van der Waals surface area contributed by atoms with Gasteiger partial charge in [0, 0.05) is 37.3 Å². The van der Waals surface area contributed by atoms with Crippen molar-refractivity contribution in [3.05, 3.63) is 24.3 Å². The number of anilines is 2. The lowest BCUT2D eigenvalue weighted by Crippen LogP contribution is -2.45. The van der Waals surface area contributed by atoms with Crippen molar-refractivity contribution in [1.82, 2.24) is 4.90 Å². The molecule has 1 heterocycles. The molecule has 31 heavy (non-hydrogen) atoms. The first-order valence-corrected chi connectivity index (χ1v) is 10.9. The van der Waals surface area contributed by atoms with E-state index in [0.717, 1.165) is 12.8 Å². The second-order valence-electron chi connectivity index (χ2n) is 8.70. The summed E-state index contributed by atoms with van der Waals surface area (Å²) in [6, 6.07) is 6.79. The molecule has 8 nitrogen and oxygen atoms in total. The molecule has 1 aliphatic carbocycles. The number of nitrogens with one attached hydrogen (secondary N) is 2. The van der Waals surface area contributed by atoms with E-state index in [-0.39, 0.29) is 24.3 Å². The third-order valence-corrected chi connectivity index (χ3v) is 6.39. The summed E-state index contributed by atoms with van der Waals surface area (Å²) < 4.78 is 5.18. The Morgan fingerprint density at radius 3 is 2.35 bits per heavy atom. The molecule has 0 bridgehead atoms. The normalized spacial score (nSPS) is 25.8. The van der Waals surface area contributed by atoms with Crippen molar-refractivity contribution < 1.29 is 23.9 Å². The van der Waals surface area contributed by atoms with Gasteiger partial charge in [-0.1, -0.05) is 26.7 Å². The van der Waals surface area contributed by atoms with Crippen molar-refractivity contribution in [2.24, 2.45) is 17.8 Å². The Balaban J connectivity index is 1.46. The Morgan fingerprint density at radius 2 is 1.71 bits per heavy atom. The highest BCUT2D eigenvalue weighted by Crippen LogP contribution is 2.35. The van der Waals surface area contributed by atoms with E-state index in [1.54, 1.807) is 24.3 Å². The van der Waals surface area contributed by atoms with Crippen molar-refractivity contribution in [3.8, 4) is 0 Å². The van der Waals surface area contributed by atoms with Gasteiger partial charge in [-0.15, -0.1) is 0 Å². The molecule has 168 valence electrons. The van der Waals surface area contributed by atoms with Crippen LogP contribution >= 0.6 is 0 Å². The van der Waals surface area contributed by atoms with E-state index in [1.807, 2.05) is 4.90 Å². The van der Waals surface area contributed by atoms with E-state index in [9.17, 15) is 19.2 Å². The van der Waals surface area contributed by atoms with Gasteiger partial charge < -0.3 is 20.3 Å². The summed E-state index contributed by atoms with van der Waals surface area (Å²) >= 11 is 0. The number of ether oxygens (including phenoxy) is 1. The highest BCUT2D eigenvalue weighted by molar-refractivity contribution is 5.94. The van der Waals surface area contributed by atoms with Gasteiger partial charge in [-0.3, -0.25) is 19.2 Å². The monoisotopic (exact) mass is 429 g/mol. The number of hydrogen-bond donors (Lipinski definition) is 2. The van der Waals surface area contributed by atoms with Crippen LogP contribution in [-0.4, -0.2) is 47.8 Å². The highest BCUT2D eigenvalue weighted by atomic mass is 16.5. The molecule has 0 unspecified atom stereocenters. The zero-order chi connectivity index (χ0) is 22.5. The number of likely N-dealkylation sites (tertiary alicyclic amines) is 1. The Hall–Kier alpha value is -2.90. The van der Waals surface area contributed by atoms with Gasteiger partial charge in [-0.05, 0) is 42.5 Å². The predicted molar refractivity (Wildman–Crippen MR) is 116 cm³/mol. The SMILES string of the molecule is CC(=O)Nc1ccc(NC(=O)COC(=O)[C@@H]2CC(=O)N([C@@H]3CCC[C@H](C)[C@H]3C)C2)cc1. The molecule has 1 saturated carbocycles. The summed E-state index contributed by atoms with van der Waals surface area (Å²) in [6.45, 7) is 5.77. The second kappa shape index (κ2) is 9.94. The first-order valence-electron chi connectivity index (χ1n) is 10.9. The second-order valence-corrected chi connectivity index (χ2v) is 8.70. The fraction of sp³-hybridized carbons (Fsp3) is 0.565. The maximum atomic E-state index is 12.5. The number of nitrogens with zero attached hydrogens (tertiary/aromatic N) is 1. The summed E-state index contributed by atoms with van der Waals surface area (Å²) in [7, 11) is 0. The van der Waals surface area contributed by atoms with Crippen LogP contribution in [0.5, 0.6) is 0 Å².